The molecule has 0 saturated heterocycles. The van der Waals surface area contributed by atoms with E-state index < -0.39 is 5.82 Å². The molecule has 0 saturated carbocycles. The summed E-state index contributed by atoms with van der Waals surface area (Å²) in [5, 5.41) is 0.00682. The molecule has 94 valence electrons. The van der Waals surface area contributed by atoms with E-state index in [1.54, 1.807) is 6.92 Å². The maximum Gasteiger partial charge on any atom is 0.254 e. The monoisotopic (exact) mass is 266 g/mol. The molecule has 1 heterocycles. The van der Waals surface area contributed by atoms with Crippen LogP contribution in [-0.4, -0.2) is 9.97 Å². The molecule has 0 atom stereocenters. The van der Waals surface area contributed by atoms with Crippen LogP contribution in [0.3, 0.4) is 0 Å². The molecule has 2 rings (SSSR count). The minimum absolute atomic E-state index is 0.00682. The summed E-state index contributed by atoms with van der Waals surface area (Å²) < 4.78 is 13.1. The molecular weight excluding hydrogens is 255 g/mol. The fraction of sp³-hybridized carbons (Fsp3) is 0.231. The van der Waals surface area contributed by atoms with Crippen molar-refractivity contribution >= 4 is 11.6 Å². The predicted molar refractivity (Wildman–Crippen MR) is 69.4 cm³/mol. The maximum atomic E-state index is 13.1. The smallest absolute Gasteiger partial charge is 0.254 e. The molecule has 5 heteroatoms. The summed E-state index contributed by atoms with van der Waals surface area (Å²) in [7, 11) is 0. The second-order valence-electron chi connectivity index (χ2n) is 3.96. The average Bonchev–Trinajstić information content (AvgIpc) is 2.32. The zero-order valence-corrected chi connectivity index (χ0v) is 10.8. The fourth-order valence-corrected chi connectivity index (χ4v) is 1.99. The Bertz CT molecular complexity index is 652. The molecule has 2 aromatic rings. The first-order valence-corrected chi connectivity index (χ1v) is 5.96. The van der Waals surface area contributed by atoms with Crippen LogP contribution in [0.15, 0.2) is 23.0 Å². The molecule has 0 aliphatic rings. The van der Waals surface area contributed by atoms with Crippen molar-refractivity contribution in [1.82, 2.24) is 9.97 Å². The van der Waals surface area contributed by atoms with E-state index in [0.717, 1.165) is 0 Å². The molecule has 0 aliphatic heterocycles. The van der Waals surface area contributed by atoms with Gasteiger partial charge in [-0.3, -0.25) is 4.79 Å². The zero-order valence-electron chi connectivity index (χ0n) is 10.1. The van der Waals surface area contributed by atoms with Crippen LogP contribution in [0.1, 0.15) is 18.2 Å². The molecule has 0 radical (unpaired) electrons. The number of aromatic nitrogens is 2. The average molecular weight is 267 g/mol. The first kappa shape index (κ1) is 12.8. The van der Waals surface area contributed by atoms with E-state index in [9.17, 15) is 9.18 Å². The molecule has 0 fully saturated rings. The third-order valence-electron chi connectivity index (χ3n) is 2.77. The van der Waals surface area contributed by atoms with Crippen molar-refractivity contribution in [2.45, 2.75) is 20.3 Å². The van der Waals surface area contributed by atoms with E-state index >= 15 is 0 Å². The van der Waals surface area contributed by atoms with Crippen molar-refractivity contribution in [3.8, 4) is 11.4 Å². The Kier molecular flexibility index (Phi) is 3.48. The topological polar surface area (TPSA) is 45.8 Å². The van der Waals surface area contributed by atoms with Crippen LogP contribution in [0.25, 0.3) is 11.4 Å². The second kappa shape index (κ2) is 4.90. The highest BCUT2D eigenvalue weighted by Gasteiger charge is 2.09. The lowest BCUT2D eigenvalue weighted by atomic mass is 10.1. The number of nitrogens with zero attached hydrogens (tertiary/aromatic N) is 1. The normalized spacial score (nSPS) is 10.7. The maximum absolute atomic E-state index is 13.1. The third-order valence-corrected chi connectivity index (χ3v) is 3.06. The van der Waals surface area contributed by atoms with Gasteiger partial charge in [-0.2, -0.15) is 0 Å². The summed E-state index contributed by atoms with van der Waals surface area (Å²) in [4.78, 5) is 18.8. The van der Waals surface area contributed by atoms with Gasteiger partial charge in [0.05, 0.1) is 5.02 Å². The Labute approximate surface area is 109 Å². The van der Waals surface area contributed by atoms with Crippen LogP contribution >= 0.6 is 11.6 Å². The molecule has 3 nitrogen and oxygen atoms in total. The lowest BCUT2D eigenvalue weighted by Gasteiger charge is -2.06. The highest BCUT2D eigenvalue weighted by molar-refractivity contribution is 6.31. The lowest BCUT2D eigenvalue weighted by molar-refractivity contribution is 0.628. The Morgan fingerprint density at radius 2 is 2.17 bits per heavy atom. The number of hydrogen-bond acceptors (Lipinski definition) is 2. The summed E-state index contributed by atoms with van der Waals surface area (Å²) in [5.74, 6) is -0.0961. The predicted octanol–water partition coefficient (Wildman–Crippen LogP) is 3.10. The van der Waals surface area contributed by atoms with Gasteiger partial charge in [-0.25, -0.2) is 9.37 Å². The molecule has 1 aromatic carbocycles. The van der Waals surface area contributed by atoms with Crippen LogP contribution in [0, 0.1) is 12.7 Å². The van der Waals surface area contributed by atoms with E-state index in [1.807, 2.05) is 6.92 Å². The molecule has 0 bridgehead atoms. The quantitative estimate of drug-likeness (QED) is 0.908. The molecule has 1 aromatic heterocycles. The lowest BCUT2D eigenvalue weighted by Crippen LogP contribution is -2.16. The van der Waals surface area contributed by atoms with Gasteiger partial charge in [-0.05, 0) is 31.5 Å². The highest BCUT2D eigenvalue weighted by Crippen LogP contribution is 2.22. The zero-order chi connectivity index (χ0) is 13.3. The Morgan fingerprint density at radius 1 is 1.44 bits per heavy atom. The fourth-order valence-electron chi connectivity index (χ4n) is 1.81. The largest absolute Gasteiger partial charge is 0.306 e. The Morgan fingerprint density at radius 3 is 2.72 bits per heavy atom. The van der Waals surface area contributed by atoms with E-state index in [-0.39, 0.29) is 10.6 Å². The summed E-state index contributed by atoms with van der Waals surface area (Å²) >= 11 is 5.71. The minimum atomic E-state index is -0.496. The molecule has 0 aliphatic carbocycles. The van der Waals surface area contributed by atoms with Crippen molar-refractivity contribution in [3.63, 3.8) is 0 Å². The van der Waals surface area contributed by atoms with Crippen molar-refractivity contribution in [1.29, 1.82) is 0 Å². The van der Waals surface area contributed by atoms with E-state index in [4.69, 9.17) is 11.6 Å². The van der Waals surface area contributed by atoms with Gasteiger partial charge in [-0.15, -0.1) is 0 Å². The summed E-state index contributed by atoms with van der Waals surface area (Å²) in [5.41, 5.74) is 1.76. The summed E-state index contributed by atoms with van der Waals surface area (Å²) in [6.45, 7) is 3.68. The van der Waals surface area contributed by atoms with Crippen LogP contribution in [0.2, 0.25) is 5.02 Å². The molecule has 0 spiro atoms. The SMILES string of the molecule is CCc1c(C)nc(-c2ccc(F)c(Cl)c2)[nH]c1=O. The molecule has 0 unspecified atom stereocenters. The number of aryl methyl sites for hydroxylation is 1. The van der Waals surface area contributed by atoms with Crippen molar-refractivity contribution in [2.75, 3.05) is 0 Å². The van der Waals surface area contributed by atoms with Gasteiger partial charge in [0.15, 0.2) is 0 Å². The number of benzene rings is 1. The van der Waals surface area contributed by atoms with Crippen molar-refractivity contribution in [3.05, 3.63) is 50.7 Å². The number of hydrogen-bond donors (Lipinski definition) is 1. The molecule has 18 heavy (non-hydrogen) atoms. The number of rotatable bonds is 2. The first-order valence-electron chi connectivity index (χ1n) is 5.58. The van der Waals surface area contributed by atoms with Crippen LogP contribution in [0.4, 0.5) is 4.39 Å². The van der Waals surface area contributed by atoms with Gasteiger partial charge in [-0.1, -0.05) is 18.5 Å². The van der Waals surface area contributed by atoms with Gasteiger partial charge in [0.1, 0.15) is 11.6 Å². The number of aromatic amines is 1. The second-order valence-corrected chi connectivity index (χ2v) is 4.37. The third kappa shape index (κ3) is 2.29. The van der Waals surface area contributed by atoms with Crippen LogP contribution in [0.5, 0.6) is 0 Å². The van der Waals surface area contributed by atoms with Crippen molar-refractivity contribution < 1.29 is 4.39 Å². The summed E-state index contributed by atoms with van der Waals surface area (Å²) in [6, 6.07) is 4.23. The Hall–Kier alpha value is -1.68. The summed E-state index contributed by atoms with van der Waals surface area (Å²) in [6.07, 6.45) is 0.624. The van der Waals surface area contributed by atoms with Gasteiger partial charge < -0.3 is 4.98 Å². The van der Waals surface area contributed by atoms with Crippen molar-refractivity contribution in [2.24, 2.45) is 0 Å². The van der Waals surface area contributed by atoms with Gasteiger partial charge in [0.25, 0.3) is 5.56 Å². The first-order chi connectivity index (χ1) is 8.52. The molecular formula is C13H12ClFN2O. The van der Waals surface area contributed by atoms with Gasteiger partial charge in [0.2, 0.25) is 0 Å². The number of nitrogens with one attached hydrogen (secondary N) is 1. The number of halogens is 2. The van der Waals surface area contributed by atoms with E-state index in [2.05, 4.69) is 9.97 Å². The van der Waals surface area contributed by atoms with Crippen LogP contribution < -0.4 is 5.56 Å². The number of H-pyrrole nitrogens is 1. The minimum Gasteiger partial charge on any atom is -0.306 e. The Balaban J connectivity index is 2.58. The van der Waals surface area contributed by atoms with Gasteiger partial charge >= 0.3 is 0 Å². The van der Waals surface area contributed by atoms with Crippen LogP contribution in [-0.2, 0) is 6.42 Å². The molecule has 0 amide bonds. The van der Waals surface area contributed by atoms with Gasteiger partial charge in [0, 0.05) is 16.8 Å². The molecule has 1 N–H and O–H groups in total. The van der Waals surface area contributed by atoms with E-state index in [1.165, 1.54) is 18.2 Å². The van der Waals surface area contributed by atoms with E-state index in [0.29, 0.717) is 29.1 Å². The standard InChI is InChI=1S/C13H12ClFN2O/c1-3-9-7(2)16-12(17-13(9)18)8-4-5-11(15)10(14)6-8/h4-6H,3H2,1-2H3,(H,16,17,18). The highest BCUT2D eigenvalue weighted by atomic mass is 35.5.